The van der Waals surface area contributed by atoms with Crippen molar-refractivity contribution >= 4 is 44.8 Å². The predicted octanol–water partition coefficient (Wildman–Crippen LogP) is 4.98. The number of nitrogens with zero attached hydrogens (tertiary/aromatic N) is 2. The van der Waals surface area contributed by atoms with Crippen LogP contribution in [0.4, 0.5) is 5.69 Å². The summed E-state index contributed by atoms with van der Waals surface area (Å²) in [5.74, 6) is -0.257. The summed E-state index contributed by atoms with van der Waals surface area (Å²) < 4.78 is 27.8. The van der Waals surface area contributed by atoms with Gasteiger partial charge in [0.1, 0.15) is 6.54 Å². The van der Waals surface area contributed by atoms with Gasteiger partial charge in [-0.05, 0) is 43.2 Å². The fourth-order valence-electron chi connectivity index (χ4n) is 3.62. The second-order valence-corrected chi connectivity index (χ2v) is 9.98. The van der Waals surface area contributed by atoms with Crippen molar-refractivity contribution < 1.29 is 13.2 Å². The Morgan fingerprint density at radius 1 is 1.00 bits per heavy atom. The maximum atomic E-state index is 13.4. The summed E-state index contributed by atoms with van der Waals surface area (Å²) in [7, 11) is -2.23. The van der Waals surface area contributed by atoms with E-state index in [-0.39, 0.29) is 29.1 Å². The second-order valence-electron chi connectivity index (χ2n) is 7.25. The lowest BCUT2D eigenvalue weighted by molar-refractivity contribution is -0.130. The minimum absolute atomic E-state index is 0.101. The highest BCUT2D eigenvalue weighted by molar-refractivity contribution is 7.92. The summed E-state index contributed by atoms with van der Waals surface area (Å²) in [6.07, 6.45) is 5.22. The third-order valence-electron chi connectivity index (χ3n) is 5.26. The Morgan fingerprint density at radius 2 is 1.59 bits per heavy atom. The van der Waals surface area contributed by atoms with Crippen LogP contribution in [0.15, 0.2) is 53.4 Å². The van der Waals surface area contributed by atoms with E-state index in [1.165, 1.54) is 36.8 Å². The number of amides is 1. The number of halogens is 2. The number of rotatable bonds is 6. The third-order valence-corrected chi connectivity index (χ3v) is 7.49. The Labute approximate surface area is 182 Å². The van der Waals surface area contributed by atoms with Gasteiger partial charge in [0.05, 0.1) is 10.6 Å². The summed E-state index contributed by atoms with van der Waals surface area (Å²) in [4.78, 5) is 14.8. The largest absolute Gasteiger partial charge is 0.341 e. The van der Waals surface area contributed by atoms with Crippen LogP contribution in [-0.4, -0.2) is 38.9 Å². The van der Waals surface area contributed by atoms with E-state index >= 15 is 0 Å². The van der Waals surface area contributed by atoms with Crippen molar-refractivity contribution in [2.45, 2.75) is 43.0 Å². The molecule has 0 spiro atoms. The zero-order valence-corrected chi connectivity index (χ0v) is 18.6. The molecule has 0 unspecified atom stereocenters. The van der Waals surface area contributed by atoms with Crippen LogP contribution in [0.3, 0.4) is 0 Å². The standard InChI is InChI=1S/C21H24Cl2N2O3S/c1-24(18-8-4-2-5-9-18)21(26)15-25(19-13-16(22)12-17(23)14-19)29(27,28)20-10-6-3-7-11-20/h3,6-7,10-14,18H,2,4-5,8-9,15H2,1H3. The highest BCUT2D eigenvalue weighted by atomic mass is 35.5. The molecule has 0 heterocycles. The van der Waals surface area contributed by atoms with Gasteiger partial charge in [0.2, 0.25) is 5.91 Å². The molecule has 0 aromatic heterocycles. The molecule has 0 radical (unpaired) electrons. The molecule has 0 atom stereocenters. The van der Waals surface area contributed by atoms with Crippen molar-refractivity contribution in [2.24, 2.45) is 0 Å². The fourth-order valence-corrected chi connectivity index (χ4v) is 5.56. The molecule has 0 N–H and O–H groups in total. The SMILES string of the molecule is CN(C(=O)CN(c1cc(Cl)cc(Cl)c1)S(=O)(=O)c1ccccc1)C1CCCCC1. The number of anilines is 1. The van der Waals surface area contributed by atoms with Gasteiger partial charge in [-0.3, -0.25) is 9.10 Å². The molecule has 3 rings (SSSR count). The molecule has 1 aliphatic rings. The van der Waals surface area contributed by atoms with Gasteiger partial charge in [0, 0.05) is 23.1 Å². The van der Waals surface area contributed by atoms with Crippen LogP contribution in [0.2, 0.25) is 10.0 Å². The van der Waals surface area contributed by atoms with Crippen molar-refractivity contribution in [3.63, 3.8) is 0 Å². The molecular formula is C21H24Cl2N2O3S. The monoisotopic (exact) mass is 454 g/mol. The van der Waals surface area contributed by atoms with Crippen LogP contribution in [0.25, 0.3) is 0 Å². The van der Waals surface area contributed by atoms with Gasteiger partial charge in [-0.2, -0.15) is 0 Å². The Bertz CT molecular complexity index is 941. The molecule has 0 bridgehead atoms. The van der Waals surface area contributed by atoms with Crippen LogP contribution in [0, 0.1) is 0 Å². The number of hydrogen-bond acceptors (Lipinski definition) is 3. The molecule has 29 heavy (non-hydrogen) atoms. The van der Waals surface area contributed by atoms with Crippen LogP contribution in [0.1, 0.15) is 32.1 Å². The first-order valence-corrected chi connectivity index (χ1v) is 11.8. The minimum Gasteiger partial charge on any atom is -0.341 e. The Kier molecular flexibility index (Phi) is 7.09. The number of sulfonamides is 1. The van der Waals surface area contributed by atoms with Gasteiger partial charge in [-0.15, -0.1) is 0 Å². The molecule has 1 amide bonds. The second kappa shape index (κ2) is 9.37. The van der Waals surface area contributed by atoms with E-state index in [4.69, 9.17) is 23.2 Å². The molecule has 1 saturated carbocycles. The fraction of sp³-hybridized carbons (Fsp3) is 0.381. The summed E-state index contributed by atoms with van der Waals surface area (Å²) in [5, 5.41) is 0.600. The maximum Gasteiger partial charge on any atom is 0.264 e. The normalized spacial score (nSPS) is 15.1. The van der Waals surface area contributed by atoms with Crippen molar-refractivity contribution in [1.82, 2.24) is 4.90 Å². The summed E-state index contributed by atoms with van der Waals surface area (Å²) in [6.45, 7) is -0.319. The van der Waals surface area contributed by atoms with Crippen LogP contribution in [0.5, 0.6) is 0 Å². The molecule has 8 heteroatoms. The molecule has 0 saturated heterocycles. The van der Waals surface area contributed by atoms with E-state index < -0.39 is 10.0 Å². The van der Waals surface area contributed by atoms with Gasteiger partial charge in [-0.1, -0.05) is 60.7 Å². The van der Waals surface area contributed by atoms with Crippen molar-refractivity contribution in [2.75, 3.05) is 17.9 Å². The third kappa shape index (κ3) is 5.24. The predicted molar refractivity (Wildman–Crippen MR) is 117 cm³/mol. The lowest BCUT2D eigenvalue weighted by Crippen LogP contribution is -2.45. The van der Waals surface area contributed by atoms with Crippen LogP contribution in [-0.2, 0) is 14.8 Å². The van der Waals surface area contributed by atoms with Crippen LogP contribution >= 0.6 is 23.2 Å². The Balaban J connectivity index is 1.95. The van der Waals surface area contributed by atoms with E-state index in [9.17, 15) is 13.2 Å². The van der Waals surface area contributed by atoms with E-state index in [0.717, 1.165) is 30.0 Å². The zero-order chi connectivity index (χ0) is 21.0. The molecule has 2 aromatic carbocycles. The van der Waals surface area contributed by atoms with E-state index in [1.54, 1.807) is 30.1 Å². The summed E-state index contributed by atoms with van der Waals surface area (Å²) in [6, 6.07) is 12.7. The first-order valence-electron chi connectivity index (χ1n) is 9.58. The van der Waals surface area contributed by atoms with Gasteiger partial charge in [0.15, 0.2) is 0 Å². The van der Waals surface area contributed by atoms with Crippen molar-refractivity contribution in [3.8, 4) is 0 Å². The number of hydrogen-bond donors (Lipinski definition) is 0. The quantitative estimate of drug-likeness (QED) is 0.618. The molecule has 0 aliphatic heterocycles. The number of benzene rings is 2. The Morgan fingerprint density at radius 3 is 2.17 bits per heavy atom. The zero-order valence-electron chi connectivity index (χ0n) is 16.2. The molecular weight excluding hydrogens is 431 g/mol. The van der Waals surface area contributed by atoms with Gasteiger partial charge in [-0.25, -0.2) is 8.42 Å². The van der Waals surface area contributed by atoms with Gasteiger partial charge in [0.25, 0.3) is 10.0 Å². The van der Waals surface area contributed by atoms with Gasteiger partial charge >= 0.3 is 0 Å². The number of carbonyl (C=O) groups excluding carboxylic acids is 1. The lowest BCUT2D eigenvalue weighted by Gasteiger charge is -2.33. The van der Waals surface area contributed by atoms with E-state index in [0.29, 0.717) is 10.0 Å². The number of carbonyl (C=O) groups is 1. The van der Waals surface area contributed by atoms with E-state index in [1.807, 2.05) is 0 Å². The smallest absolute Gasteiger partial charge is 0.264 e. The number of likely N-dealkylation sites (N-methyl/N-ethyl adjacent to an activating group) is 1. The van der Waals surface area contributed by atoms with Crippen LogP contribution < -0.4 is 4.31 Å². The average molecular weight is 455 g/mol. The molecule has 2 aromatic rings. The first-order chi connectivity index (χ1) is 13.8. The summed E-state index contributed by atoms with van der Waals surface area (Å²) in [5.41, 5.74) is 0.261. The first kappa shape index (κ1) is 21.9. The maximum absolute atomic E-state index is 13.4. The lowest BCUT2D eigenvalue weighted by atomic mass is 9.94. The molecule has 1 aliphatic carbocycles. The topological polar surface area (TPSA) is 57.7 Å². The average Bonchev–Trinajstić information content (AvgIpc) is 2.71. The molecule has 5 nitrogen and oxygen atoms in total. The van der Waals surface area contributed by atoms with Gasteiger partial charge < -0.3 is 4.90 Å². The van der Waals surface area contributed by atoms with Crippen molar-refractivity contribution in [1.29, 1.82) is 0 Å². The molecule has 1 fully saturated rings. The summed E-state index contributed by atoms with van der Waals surface area (Å²) >= 11 is 12.2. The van der Waals surface area contributed by atoms with Crippen molar-refractivity contribution in [3.05, 3.63) is 58.6 Å². The Hall–Kier alpha value is -1.76. The highest BCUT2D eigenvalue weighted by Gasteiger charge is 2.30. The molecule has 156 valence electrons. The minimum atomic E-state index is -3.98. The highest BCUT2D eigenvalue weighted by Crippen LogP contribution is 2.30. The van der Waals surface area contributed by atoms with E-state index in [2.05, 4.69) is 0 Å².